The Hall–Kier alpha value is -1.57. The highest BCUT2D eigenvalue weighted by atomic mass is 16.2. The summed E-state index contributed by atoms with van der Waals surface area (Å²) in [6.45, 7) is 7.36. The fourth-order valence-electron chi connectivity index (χ4n) is 8.29. The Labute approximate surface area is 176 Å². The van der Waals surface area contributed by atoms with Crippen LogP contribution < -0.4 is 0 Å². The second-order valence-corrected chi connectivity index (χ2v) is 11.1. The molecule has 0 bridgehead atoms. The maximum absolute atomic E-state index is 12.3. The average molecular weight is 392 g/mol. The highest BCUT2D eigenvalue weighted by Crippen LogP contribution is 2.65. The third-order valence-corrected chi connectivity index (χ3v) is 10.1. The molecular weight excluding hydrogens is 354 g/mol. The Kier molecular flexibility index (Phi) is 4.50. The maximum Gasteiger partial charge on any atom is 0.246 e. The molecule has 2 unspecified atom stereocenters. The second kappa shape index (κ2) is 6.72. The predicted octanol–water partition coefficient (Wildman–Crippen LogP) is 5.79. The Morgan fingerprint density at radius 1 is 1.03 bits per heavy atom. The van der Waals surface area contributed by atoms with Gasteiger partial charge in [0.05, 0.1) is 0 Å². The summed E-state index contributed by atoms with van der Waals surface area (Å²) in [6.07, 6.45) is 13.4. The van der Waals surface area contributed by atoms with E-state index in [1.165, 1.54) is 50.5 Å². The summed E-state index contributed by atoms with van der Waals surface area (Å²) >= 11 is 0. The van der Waals surface area contributed by atoms with Crippen molar-refractivity contribution in [2.75, 3.05) is 7.05 Å². The van der Waals surface area contributed by atoms with Crippen molar-refractivity contribution in [1.82, 2.24) is 4.90 Å². The van der Waals surface area contributed by atoms with E-state index in [1.54, 1.807) is 5.56 Å². The van der Waals surface area contributed by atoms with Crippen LogP contribution in [-0.2, 0) is 11.2 Å². The molecular formula is C27H37NO. The quantitative estimate of drug-likeness (QED) is 0.624. The predicted molar refractivity (Wildman–Crippen MR) is 118 cm³/mol. The highest BCUT2D eigenvalue weighted by Gasteiger charge is 2.60. The molecule has 0 N–H and O–H groups in total. The maximum atomic E-state index is 12.3. The van der Waals surface area contributed by atoms with E-state index in [0.29, 0.717) is 11.5 Å². The van der Waals surface area contributed by atoms with E-state index in [9.17, 15) is 4.79 Å². The van der Waals surface area contributed by atoms with E-state index in [4.69, 9.17) is 0 Å². The Morgan fingerprint density at radius 2 is 1.83 bits per heavy atom. The van der Waals surface area contributed by atoms with Crippen molar-refractivity contribution < 1.29 is 4.79 Å². The SMILES string of the molecule is Cc1ccccc1CC1CC[C@H]2[C@@H]3CCC4N(C)C(=O)C=C[C@]4(C)[C@@H]3CC[C@]12C. The number of likely N-dealkylation sites (N-methyl/N-ethyl adjacent to an activating group) is 1. The number of nitrogens with zero attached hydrogens (tertiary/aromatic N) is 1. The Bertz CT molecular complexity index is 843. The molecule has 1 heterocycles. The number of aryl methyl sites for hydroxylation is 1. The van der Waals surface area contributed by atoms with Gasteiger partial charge in [0.15, 0.2) is 0 Å². The highest BCUT2D eigenvalue weighted by molar-refractivity contribution is 5.89. The summed E-state index contributed by atoms with van der Waals surface area (Å²) in [4.78, 5) is 14.3. The van der Waals surface area contributed by atoms with E-state index in [0.717, 1.165) is 23.7 Å². The molecule has 1 amide bonds. The van der Waals surface area contributed by atoms with Crippen LogP contribution in [-0.4, -0.2) is 23.9 Å². The number of benzene rings is 1. The van der Waals surface area contributed by atoms with Gasteiger partial charge >= 0.3 is 0 Å². The van der Waals surface area contributed by atoms with E-state index < -0.39 is 0 Å². The molecule has 3 saturated carbocycles. The molecule has 1 aromatic carbocycles. The van der Waals surface area contributed by atoms with Gasteiger partial charge < -0.3 is 4.90 Å². The zero-order valence-corrected chi connectivity index (χ0v) is 18.7. The number of carbonyl (C=O) groups is 1. The van der Waals surface area contributed by atoms with Crippen LogP contribution >= 0.6 is 0 Å². The first kappa shape index (κ1) is 19.4. The first-order valence-electron chi connectivity index (χ1n) is 11.8. The molecule has 0 aromatic heterocycles. The fourth-order valence-corrected chi connectivity index (χ4v) is 8.29. The molecule has 1 aromatic rings. The van der Waals surface area contributed by atoms with Crippen molar-refractivity contribution in [1.29, 1.82) is 0 Å². The fraction of sp³-hybridized carbons (Fsp3) is 0.667. The topological polar surface area (TPSA) is 20.3 Å². The molecule has 7 atom stereocenters. The van der Waals surface area contributed by atoms with Gasteiger partial charge in [-0.3, -0.25) is 4.79 Å². The number of hydrogen-bond donors (Lipinski definition) is 0. The summed E-state index contributed by atoms with van der Waals surface area (Å²) in [6, 6.07) is 9.40. The van der Waals surface area contributed by atoms with E-state index in [-0.39, 0.29) is 11.3 Å². The molecule has 0 spiro atoms. The molecule has 3 aliphatic carbocycles. The molecule has 0 saturated heterocycles. The van der Waals surface area contributed by atoms with Gasteiger partial charge in [-0.1, -0.05) is 44.2 Å². The van der Waals surface area contributed by atoms with Crippen molar-refractivity contribution in [3.63, 3.8) is 0 Å². The van der Waals surface area contributed by atoms with Crippen LogP contribution in [0.3, 0.4) is 0 Å². The lowest BCUT2D eigenvalue weighted by atomic mass is 9.47. The average Bonchev–Trinajstić information content (AvgIpc) is 3.03. The molecule has 2 nitrogen and oxygen atoms in total. The Balaban J connectivity index is 1.41. The van der Waals surface area contributed by atoms with Crippen molar-refractivity contribution in [2.24, 2.45) is 34.5 Å². The lowest BCUT2D eigenvalue weighted by Gasteiger charge is -2.60. The summed E-state index contributed by atoms with van der Waals surface area (Å²) in [7, 11) is 2.02. The van der Waals surface area contributed by atoms with Gasteiger partial charge in [0.1, 0.15) is 0 Å². The molecule has 1 aliphatic heterocycles. The van der Waals surface area contributed by atoms with Gasteiger partial charge in [-0.25, -0.2) is 0 Å². The normalized spacial score (nSPS) is 43.7. The largest absolute Gasteiger partial charge is 0.338 e. The number of amides is 1. The minimum Gasteiger partial charge on any atom is -0.338 e. The molecule has 2 heteroatoms. The van der Waals surface area contributed by atoms with Gasteiger partial charge in [0, 0.05) is 18.5 Å². The van der Waals surface area contributed by atoms with Crippen LogP contribution in [0.25, 0.3) is 0 Å². The Morgan fingerprint density at radius 3 is 2.62 bits per heavy atom. The third-order valence-electron chi connectivity index (χ3n) is 10.1. The van der Waals surface area contributed by atoms with Crippen molar-refractivity contribution in [2.45, 2.75) is 71.8 Å². The molecule has 5 rings (SSSR count). The minimum atomic E-state index is 0.168. The van der Waals surface area contributed by atoms with Gasteiger partial charge in [-0.05, 0) is 98.2 Å². The number of hydrogen-bond acceptors (Lipinski definition) is 1. The lowest BCUT2D eigenvalue weighted by molar-refractivity contribution is -0.138. The molecule has 29 heavy (non-hydrogen) atoms. The monoisotopic (exact) mass is 391 g/mol. The molecule has 156 valence electrons. The van der Waals surface area contributed by atoms with Crippen LogP contribution in [0.1, 0.15) is 63.5 Å². The third kappa shape index (κ3) is 2.77. The lowest BCUT2D eigenvalue weighted by Crippen LogP contribution is -2.59. The zero-order chi connectivity index (χ0) is 20.4. The van der Waals surface area contributed by atoms with Gasteiger partial charge in [0.25, 0.3) is 0 Å². The molecule has 4 aliphatic rings. The summed E-state index contributed by atoms with van der Waals surface area (Å²) in [5.74, 6) is 3.47. The van der Waals surface area contributed by atoms with Gasteiger partial charge in [-0.15, -0.1) is 0 Å². The number of fused-ring (bicyclic) bond motifs is 5. The first-order valence-corrected chi connectivity index (χ1v) is 11.8. The van der Waals surface area contributed by atoms with Crippen LogP contribution in [0.4, 0.5) is 0 Å². The van der Waals surface area contributed by atoms with E-state index >= 15 is 0 Å². The first-order chi connectivity index (χ1) is 13.8. The van der Waals surface area contributed by atoms with Gasteiger partial charge in [0.2, 0.25) is 5.91 Å². The summed E-state index contributed by atoms with van der Waals surface area (Å²) in [5, 5.41) is 0. The molecule has 0 radical (unpaired) electrons. The van der Waals surface area contributed by atoms with Crippen LogP contribution in [0, 0.1) is 41.4 Å². The number of carbonyl (C=O) groups excluding carboxylic acids is 1. The van der Waals surface area contributed by atoms with Crippen LogP contribution in [0.15, 0.2) is 36.4 Å². The summed E-state index contributed by atoms with van der Waals surface area (Å²) in [5.41, 5.74) is 3.68. The minimum absolute atomic E-state index is 0.168. The molecule has 3 fully saturated rings. The van der Waals surface area contributed by atoms with E-state index in [1.807, 2.05) is 18.0 Å². The summed E-state index contributed by atoms with van der Waals surface area (Å²) < 4.78 is 0. The van der Waals surface area contributed by atoms with Crippen LogP contribution in [0.5, 0.6) is 0 Å². The smallest absolute Gasteiger partial charge is 0.246 e. The zero-order valence-electron chi connectivity index (χ0n) is 18.7. The standard InChI is InChI=1S/C27H37NO/c1-18-7-5-6-8-19(18)17-20-9-11-22-21-10-12-24-27(3,16-14-25(29)28(24)4)23(21)13-15-26(20,22)2/h5-8,14,16,20-24H,9-13,15,17H2,1-4H3/t20?,21-,22-,23+,24?,26+,27+/m0/s1. The van der Waals surface area contributed by atoms with Crippen LogP contribution in [0.2, 0.25) is 0 Å². The van der Waals surface area contributed by atoms with Crippen molar-refractivity contribution in [3.8, 4) is 0 Å². The van der Waals surface area contributed by atoms with E-state index in [2.05, 4.69) is 51.1 Å². The number of rotatable bonds is 2. The van der Waals surface area contributed by atoms with Gasteiger partial charge in [-0.2, -0.15) is 0 Å². The van der Waals surface area contributed by atoms with Crippen molar-refractivity contribution >= 4 is 5.91 Å². The van der Waals surface area contributed by atoms with Crippen molar-refractivity contribution in [3.05, 3.63) is 47.5 Å². The second-order valence-electron chi connectivity index (χ2n) is 11.1.